The Morgan fingerprint density at radius 1 is 1.07 bits per heavy atom. The van der Waals surface area contributed by atoms with Gasteiger partial charge in [0, 0.05) is 29.2 Å². The molecule has 0 saturated heterocycles. The summed E-state index contributed by atoms with van der Waals surface area (Å²) in [6, 6.07) is 8.37. The van der Waals surface area contributed by atoms with Gasteiger partial charge in [-0.05, 0) is 30.7 Å². The van der Waals surface area contributed by atoms with Crippen LogP contribution < -0.4 is 0 Å². The first-order chi connectivity index (χ1) is 13.7. The summed E-state index contributed by atoms with van der Waals surface area (Å²) >= 11 is 0. The maximum atomic E-state index is 9.05. The lowest BCUT2D eigenvalue weighted by atomic mass is 10.2. The van der Waals surface area contributed by atoms with Gasteiger partial charge in [-0.2, -0.15) is 5.10 Å². The molecule has 1 N–H and O–H groups in total. The number of hydrogen-bond acceptors (Lipinski definition) is 6. The second-order valence-corrected chi connectivity index (χ2v) is 6.67. The van der Waals surface area contributed by atoms with Crippen LogP contribution in [0.2, 0.25) is 0 Å². The van der Waals surface area contributed by atoms with Crippen molar-refractivity contribution < 1.29 is 5.11 Å². The molecule has 5 aromatic heterocycles. The average molecular weight is 374 g/mol. The molecule has 0 aliphatic rings. The molecule has 0 spiro atoms. The van der Waals surface area contributed by atoms with Crippen molar-refractivity contribution in [2.24, 2.45) is 0 Å². The second-order valence-electron chi connectivity index (χ2n) is 6.67. The van der Waals surface area contributed by atoms with Gasteiger partial charge in [0.1, 0.15) is 0 Å². The molecule has 0 saturated carbocycles. The summed E-state index contributed by atoms with van der Waals surface area (Å²) in [5, 5.41) is 21.6. The average Bonchev–Trinajstić information content (AvgIpc) is 3.42. The predicted octanol–water partition coefficient (Wildman–Crippen LogP) is 1.69. The third-order valence-electron chi connectivity index (χ3n) is 4.73. The molecule has 0 amide bonds. The van der Waals surface area contributed by atoms with E-state index in [-0.39, 0.29) is 6.61 Å². The quantitative estimate of drug-likeness (QED) is 0.503. The molecule has 140 valence electrons. The van der Waals surface area contributed by atoms with Crippen molar-refractivity contribution in [3.63, 3.8) is 0 Å². The van der Waals surface area contributed by atoms with Crippen molar-refractivity contribution in [3.8, 4) is 11.3 Å². The van der Waals surface area contributed by atoms with E-state index < -0.39 is 0 Å². The minimum absolute atomic E-state index is 0.0355. The minimum Gasteiger partial charge on any atom is -0.394 e. The third-order valence-corrected chi connectivity index (χ3v) is 4.73. The van der Waals surface area contributed by atoms with E-state index in [1.807, 2.05) is 6.20 Å². The number of aromatic nitrogens is 8. The van der Waals surface area contributed by atoms with Crippen LogP contribution >= 0.6 is 0 Å². The van der Waals surface area contributed by atoms with Gasteiger partial charge in [-0.3, -0.25) is 4.68 Å². The summed E-state index contributed by atoms with van der Waals surface area (Å²) in [6.45, 7) is 3.10. The van der Waals surface area contributed by atoms with E-state index >= 15 is 0 Å². The molecular weight excluding hydrogens is 356 g/mol. The first-order valence-electron chi connectivity index (χ1n) is 8.98. The van der Waals surface area contributed by atoms with Crippen LogP contribution in [-0.2, 0) is 13.1 Å². The van der Waals surface area contributed by atoms with Gasteiger partial charge in [-0.15, -0.1) is 5.10 Å². The summed E-state index contributed by atoms with van der Waals surface area (Å²) in [7, 11) is 0. The normalized spacial score (nSPS) is 11.6. The van der Waals surface area contributed by atoms with Gasteiger partial charge in [-0.1, -0.05) is 11.3 Å². The Labute approximate surface area is 159 Å². The number of rotatable bonds is 5. The van der Waals surface area contributed by atoms with E-state index in [1.54, 1.807) is 21.8 Å². The van der Waals surface area contributed by atoms with Crippen molar-refractivity contribution in [3.05, 3.63) is 60.3 Å². The van der Waals surface area contributed by atoms with Gasteiger partial charge >= 0.3 is 0 Å². The van der Waals surface area contributed by atoms with Gasteiger partial charge in [0.2, 0.25) is 5.65 Å². The van der Waals surface area contributed by atoms with Crippen LogP contribution in [0.5, 0.6) is 0 Å². The summed E-state index contributed by atoms with van der Waals surface area (Å²) in [6.07, 6.45) is 7.32. The SMILES string of the molecule is Cc1ccc2ccc(Cn3nnc4ncc(-c5cnn(CCO)c5)nc43)cn12. The smallest absolute Gasteiger partial charge is 0.221 e. The topological polar surface area (TPSA) is 99.0 Å². The number of pyridine rings is 1. The molecule has 0 aliphatic carbocycles. The molecule has 9 nitrogen and oxygen atoms in total. The maximum Gasteiger partial charge on any atom is 0.221 e. The van der Waals surface area contributed by atoms with Crippen molar-refractivity contribution in [1.82, 2.24) is 39.1 Å². The standard InChI is InChI=1S/C19H18N8O/c1-13-2-4-16-5-3-14(10-26(13)16)11-27-19-18(23-24-27)20-9-17(22-19)15-8-21-25(12-15)6-7-28/h2-5,8-10,12,28H,6-7,11H2,1H3. The fourth-order valence-electron chi connectivity index (χ4n) is 3.27. The highest BCUT2D eigenvalue weighted by Crippen LogP contribution is 2.19. The molecule has 5 heterocycles. The number of hydrogen-bond donors (Lipinski definition) is 1. The zero-order chi connectivity index (χ0) is 19.1. The van der Waals surface area contributed by atoms with Gasteiger partial charge in [0.25, 0.3) is 0 Å². The van der Waals surface area contributed by atoms with Crippen molar-refractivity contribution >= 4 is 16.8 Å². The Bertz CT molecular complexity index is 1280. The fraction of sp³-hybridized carbons (Fsp3) is 0.211. The van der Waals surface area contributed by atoms with Crippen molar-refractivity contribution in [2.45, 2.75) is 20.0 Å². The Kier molecular flexibility index (Phi) is 3.87. The third kappa shape index (κ3) is 2.81. The van der Waals surface area contributed by atoms with E-state index in [0.29, 0.717) is 30.1 Å². The molecule has 5 aromatic rings. The van der Waals surface area contributed by atoms with Crippen LogP contribution in [-0.4, -0.2) is 50.9 Å². The number of aliphatic hydroxyl groups excluding tert-OH is 1. The Morgan fingerprint density at radius 3 is 2.86 bits per heavy atom. The largest absolute Gasteiger partial charge is 0.394 e. The molecule has 0 bridgehead atoms. The summed E-state index contributed by atoms with van der Waals surface area (Å²) in [5.41, 5.74) is 6.09. The Balaban J connectivity index is 1.51. The molecule has 0 radical (unpaired) electrons. The summed E-state index contributed by atoms with van der Waals surface area (Å²) in [4.78, 5) is 9.08. The molecule has 9 heteroatoms. The summed E-state index contributed by atoms with van der Waals surface area (Å²) < 4.78 is 5.58. The molecule has 0 fully saturated rings. The van der Waals surface area contributed by atoms with Crippen LogP contribution in [0.3, 0.4) is 0 Å². The molecule has 5 rings (SSSR count). The number of aliphatic hydroxyl groups is 1. The van der Waals surface area contributed by atoms with Crippen LogP contribution in [0.1, 0.15) is 11.3 Å². The predicted molar refractivity (Wildman–Crippen MR) is 103 cm³/mol. The molecular formula is C19H18N8O. The van der Waals surface area contributed by atoms with Crippen molar-refractivity contribution in [1.29, 1.82) is 0 Å². The second kappa shape index (κ2) is 6.54. The highest BCUT2D eigenvalue weighted by Gasteiger charge is 2.12. The summed E-state index contributed by atoms with van der Waals surface area (Å²) in [5.74, 6) is 0. The molecule has 0 atom stereocenters. The monoisotopic (exact) mass is 374 g/mol. The molecule has 0 aliphatic heterocycles. The van der Waals surface area contributed by atoms with Gasteiger partial charge in [0.05, 0.1) is 37.8 Å². The first-order valence-corrected chi connectivity index (χ1v) is 8.98. The van der Waals surface area contributed by atoms with E-state index in [4.69, 9.17) is 10.1 Å². The lowest BCUT2D eigenvalue weighted by molar-refractivity contribution is 0.269. The van der Waals surface area contributed by atoms with Crippen LogP contribution in [0.4, 0.5) is 0 Å². The van der Waals surface area contributed by atoms with Crippen LogP contribution in [0, 0.1) is 6.92 Å². The maximum absolute atomic E-state index is 9.05. The van der Waals surface area contributed by atoms with Gasteiger partial charge in [0.15, 0.2) is 5.65 Å². The lowest BCUT2D eigenvalue weighted by Gasteiger charge is -2.05. The van der Waals surface area contributed by atoms with E-state index in [9.17, 15) is 0 Å². The van der Waals surface area contributed by atoms with Crippen LogP contribution in [0.15, 0.2) is 49.1 Å². The van der Waals surface area contributed by atoms with E-state index in [1.165, 1.54) is 5.69 Å². The minimum atomic E-state index is 0.0355. The van der Waals surface area contributed by atoms with Crippen LogP contribution in [0.25, 0.3) is 28.1 Å². The van der Waals surface area contributed by atoms with E-state index in [0.717, 1.165) is 16.6 Å². The molecule has 28 heavy (non-hydrogen) atoms. The molecule has 0 unspecified atom stereocenters. The highest BCUT2D eigenvalue weighted by molar-refractivity contribution is 5.69. The van der Waals surface area contributed by atoms with Gasteiger partial charge in [-0.25, -0.2) is 14.6 Å². The zero-order valence-electron chi connectivity index (χ0n) is 15.3. The lowest BCUT2D eigenvalue weighted by Crippen LogP contribution is -2.04. The van der Waals surface area contributed by atoms with Crippen molar-refractivity contribution in [2.75, 3.05) is 6.61 Å². The zero-order valence-corrected chi connectivity index (χ0v) is 15.3. The van der Waals surface area contributed by atoms with E-state index in [2.05, 4.69) is 62.2 Å². The number of fused-ring (bicyclic) bond motifs is 2. The number of nitrogens with zero attached hydrogens (tertiary/aromatic N) is 8. The fourth-order valence-corrected chi connectivity index (χ4v) is 3.27. The first kappa shape index (κ1) is 16.6. The molecule has 0 aromatic carbocycles. The Morgan fingerprint density at radius 2 is 1.96 bits per heavy atom. The highest BCUT2D eigenvalue weighted by atomic mass is 16.3. The Hall–Kier alpha value is -3.59. The number of aryl methyl sites for hydroxylation is 1. The van der Waals surface area contributed by atoms with Gasteiger partial charge < -0.3 is 9.51 Å².